The number of furan rings is 1. The minimum atomic E-state index is -3.77. The summed E-state index contributed by atoms with van der Waals surface area (Å²) in [6, 6.07) is 15.9. The Bertz CT molecular complexity index is 1180. The lowest BCUT2D eigenvalue weighted by Crippen LogP contribution is -2.49. The molecule has 0 spiro atoms. The summed E-state index contributed by atoms with van der Waals surface area (Å²) in [6.45, 7) is 3.30. The third-order valence-corrected chi connectivity index (χ3v) is 7.68. The molecule has 8 nitrogen and oxygen atoms in total. The van der Waals surface area contributed by atoms with E-state index in [4.69, 9.17) is 25.5 Å². The number of piperazine rings is 1. The standard InChI is InChI=1S/C24H28ClN3O5S/c1-31-19-7-5-18(6-8-19)27-11-13-28(14-12-27)22(24-4-3-15-33-24)17-26-34(29,30)20-9-10-23(32-2)21(25)16-20/h3-10,15-16,22,26H,11-14,17H2,1-2H3. The Morgan fingerprint density at radius 2 is 1.76 bits per heavy atom. The highest BCUT2D eigenvalue weighted by atomic mass is 35.5. The van der Waals surface area contributed by atoms with Gasteiger partial charge < -0.3 is 18.8 Å². The molecule has 1 fully saturated rings. The van der Waals surface area contributed by atoms with Crippen LogP contribution in [0.25, 0.3) is 0 Å². The molecular formula is C24H28ClN3O5S. The van der Waals surface area contributed by atoms with E-state index >= 15 is 0 Å². The largest absolute Gasteiger partial charge is 0.497 e. The SMILES string of the molecule is COc1ccc(N2CCN(C(CNS(=O)(=O)c3ccc(OC)c(Cl)c3)c3ccco3)CC2)cc1. The van der Waals surface area contributed by atoms with Crippen LogP contribution in [0.15, 0.2) is 70.2 Å². The summed E-state index contributed by atoms with van der Waals surface area (Å²) in [6.07, 6.45) is 1.60. The number of sulfonamides is 1. The van der Waals surface area contributed by atoms with E-state index < -0.39 is 10.0 Å². The summed E-state index contributed by atoms with van der Waals surface area (Å²) < 4.78 is 44.7. The molecule has 1 saturated heterocycles. The molecule has 1 aliphatic heterocycles. The van der Waals surface area contributed by atoms with Gasteiger partial charge in [0.1, 0.15) is 17.3 Å². The van der Waals surface area contributed by atoms with Crippen molar-refractivity contribution < 1.29 is 22.3 Å². The molecule has 0 bridgehead atoms. The van der Waals surface area contributed by atoms with Gasteiger partial charge in [0.2, 0.25) is 10.0 Å². The topological polar surface area (TPSA) is 84.2 Å². The van der Waals surface area contributed by atoms with E-state index in [-0.39, 0.29) is 22.5 Å². The number of anilines is 1. The predicted octanol–water partition coefficient (Wildman–Crippen LogP) is 3.79. The summed E-state index contributed by atoms with van der Waals surface area (Å²) >= 11 is 6.13. The van der Waals surface area contributed by atoms with Crippen LogP contribution in [0.4, 0.5) is 5.69 Å². The van der Waals surface area contributed by atoms with Gasteiger partial charge in [0.15, 0.2) is 0 Å². The van der Waals surface area contributed by atoms with E-state index in [0.29, 0.717) is 11.5 Å². The smallest absolute Gasteiger partial charge is 0.240 e. The van der Waals surface area contributed by atoms with Crippen LogP contribution in [0, 0.1) is 0 Å². The Morgan fingerprint density at radius 1 is 1.03 bits per heavy atom. The number of halogens is 1. The number of rotatable bonds is 9. The van der Waals surface area contributed by atoms with Gasteiger partial charge >= 0.3 is 0 Å². The number of ether oxygens (including phenoxy) is 2. The van der Waals surface area contributed by atoms with Gasteiger partial charge in [0.25, 0.3) is 0 Å². The lowest BCUT2D eigenvalue weighted by Gasteiger charge is -2.39. The molecule has 0 amide bonds. The first-order chi connectivity index (χ1) is 16.4. The fraction of sp³-hybridized carbons (Fsp3) is 0.333. The number of hydrogen-bond acceptors (Lipinski definition) is 7. The predicted molar refractivity (Wildman–Crippen MR) is 131 cm³/mol. The van der Waals surface area contributed by atoms with E-state index in [1.54, 1.807) is 19.4 Å². The van der Waals surface area contributed by atoms with Crippen molar-refractivity contribution in [1.82, 2.24) is 9.62 Å². The van der Waals surface area contributed by atoms with Crippen molar-refractivity contribution in [3.05, 3.63) is 71.6 Å². The van der Waals surface area contributed by atoms with Gasteiger partial charge in [0.05, 0.1) is 36.4 Å². The number of hydrogen-bond donors (Lipinski definition) is 1. The first-order valence-corrected chi connectivity index (χ1v) is 12.8. The molecule has 1 unspecified atom stereocenters. The molecule has 34 heavy (non-hydrogen) atoms. The van der Waals surface area contributed by atoms with Gasteiger partial charge in [-0.15, -0.1) is 0 Å². The van der Waals surface area contributed by atoms with E-state index in [1.165, 1.54) is 19.2 Å². The fourth-order valence-electron chi connectivity index (χ4n) is 4.06. The average molecular weight is 506 g/mol. The zero-order valence-electron chi connectivity index (χ0n) is 19.1. The highest BCUT2D eigenvalue weighted by molar-refractivity contribution is 7.89. The van der Waals surface area contributed by atoms with Crippen LogP contribution in [0.5, 0.6) is 11.5 Å². The molecule has 1 atom stereocenters. The Morgan fingerprint density at radius 3 is 2.35 bits per heavy atom. The van der Waals surface area contributed by atoms with E-state index in [2.05, 4.69) is 14.5 Å². The van der Waals surface area contributed by atoms with Crippen molar-refractivity contribution in [2.45, 2.75) is 10.9 Å². The first-order valence-electron chi connectivity index (χ1n) is 10.9. The molecule has 0 saturated carbocycles. The van der Waals surface area contributed by atoms with Crippen LogP contribution in [-0.2, 0) is 10.0 Å². The third-order valence-electron chi connectivity index (χ3n) is 5.96. The lowest BCUT2D eigenvalue weighted by atomic mass is 10.1. The summed E-state index contributed by atoms with van der Waals surface area (Å²) in [5.41, 5.74) is 1.13. The summed E-state index contributed by atoms with van der Waals surface area (Å²) in [4.78, 5) is 4.63. The van der Waals surface area contributed by atoms with Crippen LogP contribution in [-0.4, -0.2) is 60.3 Å². The quantitative estimate of drug-likeness (QED) is 0.473. The summed E-state index contributed by atoms with van der Waals surface area (Å²) in [5, 5.41) is 0.239. The second-order valence-electron chi connectivity index (χ2n) is 7.90. The summed E-state index contributed by atoms with van der Waals surface area (Å²) in [7, 11) is -0.639. The van der Waals surface area contributed by atoms with Crippen molar-refractivity contribution in [2.24, 2.45) is 0 Å². The Labute approximate surface area is 205 Å². The van der Waals surface area contributed by atoms with Gasteiger partial charge in [0, 0.05) is 38.4 Å². The summed E-state index contributed by atoms with van der Waals surface area (Å²) in [5.74, 6) is 1.96. The molecule has 1 aliphatic rings. The molecule has 0 aliphatic carbocycles. The number of nitrogens with one attached hydrogen (secondary N) is 1. The minimum Gasteiger partial charge on any atom is -0.497 e. The zero-order valence-corrected chi connectivity index (χ0v) is 20.7. The van der Waals surface area contributed by atoms with Crippen molar-refractivity contribution in [1.29, 1.82) is 0 Å². The zero-order chi connectivity index (χ0) is 24.1. The molecule has 182 valence electrons. The van der Waals surface area contributed by atoms with Crippen molar-refractivity contribution in [3.63, 3.8) is 0 Å². The Hall–Kier alpha value is -2.72. The van der Waals surface area contributed by atoms with Crippen LogP contribution in [0.2, 0.25) is 5.02 Å². The van der Waals surface area contributed by atoms with Crippen molar-refractivity contribution in [3.8, 4) is 11.5 Å². The lowest BCUT2D eigenvalue weighted by molar-refractivity contribution is 0.166. The first kappa shape index (κ1) is 24.4. The Balaban J connectivity index is 1.44. The normalized spacial score (nSPS) is 15.8. The number of benzene rings is 2. The van der Waals surface area contributed by atoms with Crippen LogP contribution in [0.3, 0.4) is 0 Å². The molecule has 0 radical (unpaired) electrons. The third kappa shape index (κ3) is 5.50. The van der Waals surface area contributed by atoms with Crippen LogP contribution < -0.4 is 19.1 Å². The van der Waals surface area contributed by atoms with Crippen molar-refractivity contribution >= 4 is 27.3 Å². The molecule has 1 aromatic heterocycles. The fourth-order valence-corrected chi connectivity index (χ4v) is 5.45. The maximum absolute atomic E-state index is 13.0. The highest BCUT2D eigenvalue weighted by Gasteiger charge is 2.29. The molecule has 2 heterocycles. The molecule has 3 aromatic rings. The van der Waals surface area contributed by atoms with Crippen molar-refractivity contribution in [2.75, 3.05) is 51.8 Å². The van der Waals surface area contributed by atoms with Gasteiger partial charge in [-0.3, -0.25) is 4.90 Å². The van der Waals surface area contributed by atoms with Gasteiger partial charge in [-0.05, 0) is 54.6 Å². The minimum absolute atomic E-state index is 0.0841. The van der Waals surface area contributed by atoms with E-state index in [9.17, 15) is 8.42 Å². The van der Waals surface area contributed by atoms with Gasteiger partial charge in [-0.2, -0.15) is 0 Å². The second-order valence-corrected chi connectivity index (χ2v) is 10.1. The maximum Gasteiger partial charge on any atom is 0.240 e. The van der Waals surface area contributed by atoms with Gasteiger partial charge in [-0.1, -0.05) is 11.6 Å². The van der Waals surface area contributed by atoms with Crippen LogP contribution >= 0.6 is 11.6 Å². The van der Waals surface area contributed by atoms with Crippen LogP contribution in [0.1, 0.15) is 11.8 Å². The maximum atomic E-state index is 13.0. The number of methoxy groups -OCH3 is 2. The number of nitrogens with zero attached hydrogens (tertiary/aromatic N) is 2. The monoisotopic (exact) mass is 505 g/mol. The van der Waals surface area contributed by atoms with E-state index in [1.807, 2.05) is 36.4 Å². The Kier molecular flexibility index (Phi) is 7.67. The second kappa shape index (κ2) is 10.7. The molecule has 10 heteroatoms. The molecule has 1 N–H and O–H groups in total. The molecule has 2 aromatic carbocycles. The highest BCUT2D eigenvalue weighted by Crippen LogP contribution is 2.28. The molecular weight excluding hydrogens is 478 g/mol. The van der Waals surface area contributed by atoms with Gasteiger partial charge in [-0.25, -0.2) is 13.1 Å². The average Bonchev–Trinajstić information content (AvgIpc) is 3.39. The molecule has 4 rings (SSSR count). The van der Waals surface area contributed by atoms with E-state index in [0.717, 1.165) is 37.6 Å².